The van der Waals surface area contributed by atoms with Crippen molar-refractivity contribution in [3.05, 3.63) is 50.1 Å². The summed E-state index contributed by atoms with van der Waals surface area (Å²) in [6, 6.07) is 9.55. The lowest BCUT2D eigenvalue weighted by Gasteiger charge is -2.29. The summed E-state index contributed by atoms with van der Waals surface area (Å²) < 4.78 is 6.76. The molecule has 2 nitrogen and oxygen atoms in total. The van der Waals surface area contributed by atoms with Gasteiger partial charge in [-0.05, 0) is 18.6 Å². The lowest BCUT2D eigenvalue weighted by atomic mass is 9.86. The van der Waals surface area contributed by atoms with Crippen LogP contribution < -0.4 is 4.74 Å². The van der Waals surface area contributed by atoms with Crippen molar-refractivity contribution in [2.24, 2.45) is 0 Å². The smallest absolute Gasteiger partial charge is 0.122 e. The molecule has 2 heterocycles. The largest absolute Gasteiger partial charge is 0.493 e. The third kappa shape index (κ3) is 2.48. The maximum absolute atomic E-state index is 10.6. The van der Waals surface area contributed by atoms with Crippen LogP contribution in [-0.2, 0) is 0 Å². The van der Waals surface area contributed by atoms with Crippen molar-refractivity contribution in [3.8, 4) is 5.75 Å². The number of halogens is 2. The van der Waals surface area contributed by atoms with Gasteiger partial charge in [0.25, 0.3) is 0 Å². The number of ether oxygens (including phenoxy) is 1. The number of hydrogen-bond acceptors (Lipinski definition) is 3. The summed E-state index contributed by atoms with van der Waals surface area (Å²) in [7, 11) is 0. The highest BCUT2D eigenvalue weighted by atomic mass is 35.5. The highest BCUT2D eigenvalue weighted by molar-refractivity contribution is 7.20. The molecule has 0 radical (unpaired) electrons. The van der Waals surface area contributed by atoms with Gasteiger partial charge in [0.1, 0.15) is 10.1 Å². The van der Waals surface area contributed by atoms with E-state index >= 15 is 0 Å². The second-order valence-corrected chi connectivity index (χ2v) is 6.79. The zero-order valence-corrected chi connectivity index (χ0v) is 12.3. The monoisotopic (exact) mass is 314 g/mol. The molecule has 5 heteroatoms. The Morgan fingerprint density at radius 1 is 1.32 bits per heavy atom. The molecule has 2 aromatic rings. The van der Waals surface area contributed by atoms with Crippen LogP contribution in [-0.4, -0.2) is 11.7 Å². The number of aliphatic hydroxyl groups excluding tert-OH is 1. The molecule has 100 valence electrons. The van der Waals surface area contributed by atoms with E-state index in [9.17, 15) is 5.11 Å². The summed E-state index contributed by atoms with van der Waals surface area (Å²) >= 11 is 13.4. The van der Waals surface area contributed by atoms with E-state index in [-0.39, 0.29) is 5.92 Å². The minimum atomic E-state index is -0.652. The van der Waals surface area contributed by atoms with Gasteiger partial charge in [-0.15, -0.1) is 11.3 Å². The second-order valence-electron chi connectivity index (χ2n) is 4.51. The molecule has 1 aromatic heterocycles. The first kappa shape index (κ1) is 13.3. The number of hydrogen-bond donors (Lipinski definition) is 1. The summed E-state index contributed by atoms with van der Waals surface area (Å²) in [5.74, 6) is 0.836. The van der Waals surface area contributed by atoms with E-state index in [1.807, 2.05) is 24.3 Å². The molecule has 1 aliphatic rings. The number of benzene rings is 1. The number of para-hydroxylation sites is 1. The van der Waals surface area contributed by atoms with Crippen LogP contribution in [0, 0.1) is 0 Å². The molecule has 1 aliphatic heterocycles. The van der Waals surface area contributed by atoms with E-state index in [1.54, 1.807) is 6.07 Å². The Bertz CT molecular complexity index is 597. The van der Waals surface area contributed by atoms with Crippen LogP contribution in [0.3, 0.4) is 0 Å². The topological polar surface area (TPSA) is 29.5 Å². The molecule has 1 N–H and O–H groups in total. The van der Waals surface area contributed by atoms with Crippen molar-refractivity contribution in [2.45, 2.75) is 18.4 Å². The van der Waals surface area contributed by atoms with Crippen LogP contribution in [0.25, 0.3) is 0 Å². The van der Waals surface area contributed by atoms with Gasteiger partial charge in [-0.3, -0.25) is 0 Å². The maximum atomic E-state index is 10.6. The summed E-state index contributed by atoms with van der Waals surface area (Å²) in [6.07, 6.45) is 0.114. The molecule has 0 spiro atoms. The highest BCUT2D eigenvalue weighted by Gasteiger charge is 2.30. The van der Waals surface area contributed by atoms with Crippen molar-refractivity contribution in [2.75, 3.05) is 6.61 Å². The van der Waals surface area contributed by atoms with E-state index in [2.05, 4.69) is 0 Å². The Balaban J connectivity index is 1.97. The number of aliphatic hydroxyl groups is 1. The fourth-order valence-electron chi connectivity index (χ4n) is 2.47. The molecule has 0 saturated heterocycles. The minimum Gasteiger partial charge on any atom is -0.493 e. The number of rotatable bonds is 2. The predicted molar refractivity (Wildman–Crippen MR) is 78.6 cm³/mol. The van der Waals surface area contributed by atoms with Crippen LogP contribution >= 0.6 is 34.5 Å². The second kappa shape index (κ2) is 5.33. The van der Waals surface area contributed by atoms with Gasteiger partial charge in [-0.1, -0.05) is 41.4 Å². The van der Waals surface area contributed by atoms with Crippen LogP contribution in [0.1, 0.15) is 29.6 Å². The molecule has 0 fully saturated rings. The molecular weight excluding hydrogens is 303 g/mol. The number of fused-ring (bicyclic) bond motifs is 1. The summed E-state index contributed by atoms with van der Waals surface area (Å²) in [4.78, 5) is 0. The molecule has 1 aromatic carbocycles. The minimum absolute atomic E-state index is 0.00637. The van der Waals surface area contributed by atoms with E-state index in [0.29, 0.717) is 20.8 Å². The normalized spacial score (nSPS) is 19.6. The van der Waals surface area contributed by atoms with Gasteiger partial charge in [0, 0.05) is 17.0 Å². The Kier molecular flexibility index (Phi) is 3.72. The Hall–Kier alpha value is -0.740. The first-order valence-electron chi connectivity index (χ1n) is 6.01. The SMILES string of the molecule is OC(c1cc(Cl)sc1Cl)C1CCOc2ccccc21. The third-order valence-electron chi connectivity index (χ3n) is 3.39. The van der Waals surface area contributed by atoms with Crippen molar-refractivity contribution in [1.82, 2.24) is 0 Å². The maximum Gasteiger partial charge on any atom is 0.122 e. The van der Waals surface area contributed by atoms with Crippen LogP contribution in [0.15, 0.2) is 30.3 Å². The lowest BCUT2D eigenvalue weighted by Crippen LogP contribution is -2.19. The standard InChI is InChI=1S/C14H12Cl2O2S/c15-12-7-10(14(16)19-12)13(17)9-5-6-18-11-4-2-1-3-8(9)11/h1-4,7,9,13,17H,5-6H2. The molecule has 2 atom stereocenters. The van der Waals surface area contributed by atoms with Crippen molar-refractivity contribution >= 4 is 34.5 Å². The van der Waals surface area contributed by atoms with Crippen LogP contribution in [0.4, 0.5) is 0 Å². The average molecular weight is 315 g/mol. The molecule has 0 aliphatic carbocycles. The zero-order chi connectivity index (χ0) is 13.4. The summed E-state index contributed by atoms with van der Waals surface area (Å²) in [5, 5.41) is 10.6. The first-order chi connectivity index (χ1) is 9.16. The molecule has 3 rings (SSSR count). The summed E-state index contributed by atoms with van der Waals surface area (Å²) in [6.45, 7) is 0.605. The fraction of sp³-hybridized carbons (Fsp3) is 0.286. The van der Waals surface area contributed by atoms with Gasteiger partial charge in [0.15, 0.2) is 0 Å². The fourth-order valence-corrected chi connectivity index (χ4v) is 4.01. The third-order valence-corrected chi connectivity index (χ3v) is 4.91. The van der Waals surface area contributed by atoms with Gasteiger partial charge in [0.05, 0.1) is 17.0 Å². The summed E-state index contributed by atoms with van der Waals surface area (Å²) in [5.41, 5.74) is 1.73. The van der Waals surface area contributed by atoms with Gasteiger partial charge >= 0.3 is 0 Å². The molecule has 19 heavy (non-hydrogen) atoms. The van der Waals surface area contributed by atoms with Crippen LogP contribution in [0.2, 0.25) is 8.67 Å². The van der Waals surface area contributed by atoms with Gasteiger partial charge in [0.2, 0.25) is 0 Å². The van der Waals surface area contributed by atoms with E-state index in [1.165, 1.54) is 11.3 Å². The Morgan fingerprint density at radius 3 is 2.84 bits per heavy atom. The average Bonchev–Trinajstić information content (AvgIpc) is 2.76. The number of thiophene rings is 1. The lowest BCUT2D eigenvalue weighted by molar-refractivity contribution is 0.118. The van der Waals surface area contributed by atoms with Crippen molar-refractivity contribution < 1.29 is 9.84 Å². The zero-order valence-electron chi connectivity index (χ0n) is 9.98. The van der Waals surface area contributed by atoms with Gasteiger partial charge in [-0.25, -0.2) is 0 Å². The molecule has 0 saturated carbocycles. The van der Waals surface area contributed by atoms with Crippen molar-refractivity contribution in [1.29, 1.82) is 0 Å². The van der Waals surface area contributed by atoms with Gasteiger partial charge in [-0.2, -0.15) is 0 Å². The molecule has 0 amide bonds. The van der Waals surface area contributed by atoms with Gasteiger partial charge < -0.3 is 9.84 Å². The molecule has 2 unspecified atom stereocenters. The van der Waals surface area contributed by atoms with E-state index in [0.717, 1.165) is 17.7 Å². The first-order valence-corrected chi connectivity index (χ1v) is 7.58. The Morgan fingerprint density at radius 2 is 2.11 bits per heavy atom. The van der Waals surface area contributed by atoms with Crippen LogP contribution in [0.5, 0.6) is 5.75 Å². The highest BCUT2D eigenvalue weighted by Crippen LogP contribution is 2.45. The van der Waals surface area contributed by atoms with E-state index < -0.39 is 6.10 Å². The Labute approximate surface area is 125 Å². The molecular formula is C14H12Cl2O2S. The predicted octanol–water partition coefficient (Wildman–Crippen LogP) is 4.65. The van der Waals surface area contributed by atoms with E-state index in [4.69, 9.17) is 27.9 Å². The molecule has 0 bridgehead atoms. The quantitative estimate of drug-likeness (QED) is 0.874. The van der Waals surface area contributed by atoms with Crippen molar-refractivity contribution in [3.63, 3.8) is 0 Å².